The molecule has 12 heteroatoms. The molecule has 0 radical (unpaired) electrons. The summed E-state index contributed by atoms with van der Waals surface area (Å²) in [6.07, 6.45) is 1.80. The van der Waals surface area contributed by atoms with Crippen LogP contribution in [0, 0.1) is 23.6 Å². The van der Waals surface area contributed by atoms with Gasteiger partial charge in [-0.15, -0.1) is 34.5 Å². The van der Waals surface area contributed by atoms with Crippen molar-refractivity contribution in [2.45, 2.75) is 35.1 Å². The number of hydrogen-bond acceptors (Lipinski definition) is 7. The normalized spacial score (nSPS) is 31.1. The second-order valence-corrected chi connectivity index (χ2v) is 13.8. The van der Waals surface area contributed by atoms with Crippen molar-refractivity contribution in [3.05, 3.63) is 87.9 Å². The molecule has 2 aromatic carbocycles. The Labute approximate surface area is 265 Å². The molecule has 3 aromatic rings. The van der Waals surface area contributed by atoms with Gasteiger partial charge in [-0.2, -0.15) is 0 Å². The molecule has 2 saturated heterocycles. The molecule has 3 heterocycles. The third-order valence-corrected chi connectivity index (χ3v) is 11.7. The van der Waals surface area contributed by atoms with E-state index in [0.717, 1.165) is 21.9 Å². The molecule has 3 fully saturated rings. The number of aromatic hydroxyl groups is 1. The van der Waals surface area contributed by atoms with Gasteiger partial charge in [0.2, 0.25) is 11.8 Å². The van der Waals surface area contributed by atoms with E-state index in [0.29, 0.717) is 11.3 Å². The number of allylic oxidation sites excluding steroid dienone is 2. The van der Waals surface area contributed by atoms with E-state index in [1.54, 1.807) is 6.08 Å². The first kappa shape index (κ1) is 29.0. The quantitative estimate of drug-likeness (QED) is 0.226. The van der Waals surface area contributed by atoms with E-state index in [1.807, 2.05) is 17.5 Å². The zero-order chi connectivity index (χ0) is 31.1. The SMILES string of the molecule is COc1ccc(O)c(C2C3=CCC4C(=O)N(Cc5cccs5)C(=O)C4C3CC3(Cl)C(=O)N(c4ccc(F)cc4)C(=O)C23Cl)c1. The largest absolute Gasteiger partial charge is 0.508 e. The summed E-state index contributed by atoms with van der Waals surface area (Å²) >= 11 is 16.1. The van der Waals surface area contributed by atoms with E-state index in [-0.39, 0.29) is 48.2 Å². The van der Waals surface area contributed by atoms with Crippen LogP contribution in [0.5, 0.6) is 11.5 Å². The number of phenols is 1. The predicted molar refractivity (Wildman–Crippen MR) is 161 cm³/mol. The second-order valence-electron chi connectivity index (χ2n) is 11.5. The summed E-state index contributed by atoms with van der Waals surface area (Å²) in [5.41, 5.74) is 0.809. The number of carbonyl (C=O) groups excluding carboxylic acids is 4. The van der Waals surface area contributed by atoms with Gasteiger partial charge in [0, 0.05) is 16.4 Å². The third-order valence-electron chi connectivity index (χ3n) is 9.43. The lowest BCUT2D eigenvalue weighted by Crippen LogP contribution is -2.60. The number of nitrogens with zero attached hydrogens (tertiary/aromatic N) is 2. The maximum atomic E-state index is 14.4. The van der Waals surface area contributed by atoms with Crippen LogP contribution in [-0.4, -0.2) is 50.5 Å². The van der Waals surface area contributed by atoms with Crippen molar-refractivity contribution in [1.82, 2.24) is 4.90 Å². The Bertz CT molecular complexity index is 1760. The van der Waals surface area contributed by atoms with E-state index < -0.39 is 51.1 Å². The number of fused-ring (bicyclic) bond motifs is 4. The van der Waals surface area contributed by atoms with Crippen LogP contribution in [0.25, 0.3) is 0 Å². The van der Waals surface area contributed by atoms with Gasteiger partial charge in [0.05, 0.1) is 31.2 Å². The highest BCUT2D eigenvalue weighted by Crippen LogP contribution is 2.66. The molecular weight excluding hydrogens is 630 g/mol. The van der Waals surface area contributed by atoms with Crippen molar-refractivity contribution in [1.29, 1.82) is 0 Å². The van der Waals surface area contributed by atoms with E-state index >= 15 is 0 Å². The molecule has 6 unspecified atom stereocenters. The van der Waals surface area contributed by atoms with E-state index in [9.17, 15) is 28.7 Å². The summed E-state index contributed by atoms with van der Waals surface area (Å²) in [5.74, 6) is -6.23. The van der Waals surface area contributed by atoms with Gasteiger partial charge in [-0.1, -0.05) is 17.7 Å². The molecule has 1 saturated carbocycles. The molecule has 226 valence electrons. The Hall–Kier alpha value is -3.73. The molecule has 0 bridgehead atoms. The Morgan fingerprint density at radius 2 is 1.77 bits per heavy atom. The lowest BCUT2D eigenvalue weighted by atomic mass is 9.56. The Morgan fingerprint density at radius 3 is 2.45 bits per heavy atom. The zero-order valence-corrected chi connectivity index (χ0v) is 25.5. The first-order valence-electron chi connectivity index (χ1n) is 14.0. The minimum absolute atomic E-state index is 0.0773. The van der Waals surface area contributed by atoms with Gasteiger partial charge in [-0.25, -0.2) is 9.29 Å². The number of thiophene rings is 1. The number of imide groups is 2. The fourth-order valence-electron chi connectivity index (χ4n) is 7.41. The van der Waals surface area contributed by atoms with Crippen LogP contribution in [0.1, 0.15) is 29.2 Å². The van der Waals surface area contributed by atoms with Crippen molar-refractivity contribution in [3.8, 4) is 11.5 Å². The number of alkyl halides is 2. The Balaban J connectivity index is 1.40. The van der Waals surface area contributed by atoms with E-state index in [4.69, 9.17) is 27.9 Å². The first-order valence-corrected chi connectivity index (χ1v) is 15.6. The Kier molecular flexibility index (Phi) is 6.69. The first-order chi connectivity index (χ1) is 21.0. The van der Waals surface area contributed by atoms with Crippen LogP contribution in [0.2, 0.25) is 0 Å². The number of rotatable bonds is 5. The number of hydrogen-bond donors (Lipinski definition) is 1. The number of ether oxygens (including phenoxy) is 1. The van der Waals surface area contributed by atoms with Gasteiger partial charge < -0.3 is 9.84 Å². The van der Waals surface area contributed by atoms with Crippen LogP contribution < -0.4 is 9.64 Å². The number of benzene rings is 2. The van der Waals surface area contributed by atoms with Crippen molar-refractivity contribution in [2.24, 2.45) is 17.8 Å². The lowest BCUT2D eigenvalue weighted by Gasteiger charge is -2.50. The highest BCUT2D eigenvalue weighted by atomic mass is 35.5. The summed E-state index contributed by atoms with van der Waals surface area (Å²) < 4.78 is 19.2. The molecule has 2 aliphatic heterocycles. The van der Waals surface area contributed by atoms with Gasteiger partial charge in [0.25, 0.3) is 11.8 Å². The maximum Gasteiger partial charge on any atom is 0.258 e. The fourth-order valence-corrected chi connectivity index (χ4v) is 9.03. The predicted octanol–water partition coefficient (Wildman–Crippen LogP) is 5.37. The minimum atomic E-state index is -2.15. The molecule has 44 heavy (non-hydrogen) atoms. The van der Waals surface area contributed by atoms with Crippen LogP contribution in [-0.2, 0) is 25.7 Å². The highest BCUT2D eigenvalue weighted by molar-refractivity contribution is 7.09. The second kappa shape index (κ2) is 10.2. The monoisotopic (exact) mass is 654 g/mol. The van der Waals surface area contributed by atoms with E-state index in [1.165, 1.54) is 53.7 Å². The number of phenolic OH excluding ortho intramolecular Hbond substituents is 1. The maximum absolute atomic E-state index is 14.4. The smallest absolute Gasteiger partial charge is 0.258 e. The average molecular weight is 656 g/mol. The molecule has 0 spiro atoms. The summed E-state index contributed by atoms with van der Waals surface area (Å²) in [5, 5.41) is 13.0. The molecular formula is C32H25Cl2FN2O6S. The molecule has 8 nitrogen and oxygen atoms in total. The van der Waals surface area contributed by atoms with Crippen molar-refractivity contribution >= 4 is 63.9 Å². The van der Waals surface area contributed by atoms with Crippen molar-refractivity contribution in [3.63, 3.8) is 0 Å². The van der Waals surface area contributed by atoms with Crippen LogP contribution in [0.15, 0.2) is 71.6 Å². The molecule has 4 aliphatic rings. The number of methoxy groups -OCH3 is 1. The number of halogens is 3. The molecule has 7 rings (SSSR count). The van der Waals surface area contributed by atoms with Gasteiger partial charge in [0.15, 0.2) is 9.75 Å². The van der Waals surface area contributed by atoms with Gasteiger partial charge >= 0.3 is 0 Å². The highest BCUT2D eigenvalue weighted by Gasteiger charge is 2.76. The zero-order valence-electron chi connectivity index (χ0n) is 23.2. The standard InChI is InChI=1S/C32H25Cl2FN2O6S/c1-43-18-8-11-24(38)22(13-18)26-20-9-10-21-25(28(40)36(27(21)39)15-19-3-2-12-44-19)23(20)14-31(33)29(41)37(30(42)32(26,31)34)17-6-4-16(35)5-7-17/h2-9,11-13,21,23,25-26,38H,10,14-15H2,1H3. The van der Waals surface area contributed by atoms with Crippen molar-refractivity contribution < 1.29 is 33.4 Å². The summed E-state index contributed by atoms with van der Waals surface area (Å²) in [6.45, 7) is 0.131. The lowest BCUT2D eigenvalue weighted by molar-refractivity contribution is -0.141. The van der Waals surface area contributed by atoms with E-state index in [2.05, 4.69) is 0 Å². The van der Waals surface area contributed by atoms with Gasteiger partial charge in [0.1, 0.15) is 17.3 Å². The number of amides is 4. The molecule has 6 atom stereocenters. The fraction of sp³-hybridized carbons (Fsp3) is 0.312. The number of likely N-dealkylation sites (tertiary alicyclic amines) is 1. The minimum Gasteiger partial charge on any atom is -0.508 e. The topological polar surface area (TPSA) is 104 Å². The van der Waals surface area contributed by atoms with Crippen LogP contribution in [0.4, 0.5) is 10.1 Å². The molecule has 2 aliphatic carbocycles. The summed E-state index contributed by atoms with van der Waals surface area (Å²) in [7, 11) is 1.44. The number of carbonyl (C=O) groups is 4. The van der Waals surface area contributed by atoms with Gasteiger partial charge in [-0.3, -0.25) is 24.1 Å². The van der Waals surface area contributed by atoms with Crippen molar-refractivity contribution in [2.75, 3.05) is 12.0 Å². The third kappa shape index (κ3) is 3.87. The summed E-state index contributed by atoms with van der Waals surface area (Å²) in [6, 6.07) is 12.9. The number of anilines is 1. The van der Waals surface area contributed by atoms with Gasteiger partial charge in [-0.05, 0) is 72.7 Å². The van der Waals surface area contributed by atoms with Crippen LogP contribution >= 0.6 is 34.5 Å². The average Bonchev–Trinajstić information content (AvgIpc) is 3.65. The molecule has 1 N–H and O–H groups in total. The molecule has 4 amide bonds. The van der Waals surface area contributed by atoms with Crippen LogP contribution in [0.3, 0.4) is 0 Å². The summed E-state index contributed by atoms with van der Waals surface area (Å²) in [4.78, 5) is 55.0. The Morgan fingerprint density at radius 1 is 1.02 bits per heavy atom. The molecule has 1 aromatic heterocycles.